The summed E-state index contributed by atoms with van der Waals surface area (Å²) in [7, 11) is -15.2. The van der Waals surface area contributed by atoms with E-state index in [1.807, 2.05) is 49.5 Å². The fourth-order valence-electron chi connectivity index (χ4n) is 8.11. The van der Waals surface area contributed by atoms with E-state index in [1.54, 1.807) is 0 Å². The number of primary amides is 1. The molecule has 72 heavy (non-hydrogen) atoms. The van der Waals surface area contributed by atoms with Crippen LogP contribution in [0.1, 0.15) is 35.7 Å². The van der Waals surface area contributed by atoms with Crippen molar-refractivity contribution < 1.29 is 99.4 Å². The molecule has 2 aliphatic rings. The van der Waals surface area contributed by atoms with Crippen molar-refractivity contribution >= 4 is 74.1 Å². The van der Waals surface area contributed by atoms with Crippen molar-refractivity contribution in [2.24, 2.45) is 12.8 Å². The first-order chi connectivity index (χ1) is 34.2. The van der Waals surface area contributed by atoms with Gasteiger partial charge in [-0.3, -0.25) is 27.8 Å². The monoisotopic (exact) mass is 1060 g/mol. The molecule has 31 heteroatoms. The molecule has 0 spiro atoms. The minimum atomic E-state index is -5.91. The molecule has 6 aromatic rings. The lowest BCUT2D eigenvalue weighted by Gasteiger charge is -2.31. The zero-order chi connectivity index (χ0) is 51.5. The number of anilines is 1. The number of imidazole rings is 1. The van der Waals surface area contributed by atoms with Gasteiger partial charge in [0.05, 0.1) is 31.5 Å². The van der Waals surface area contributed by atoms with E-state index >= 15 is 0 Å². The topological polar surface area (TPSA) is 399 Å². The normalized spacial score (nSPS) is 24.1. The van der Waals surface area contributed by atoms with Gasteiger partial charge in [-0.2, -0.15) is 9.13 Å². The number of fused-ring (bicyclic) bond motifs is 3. The van der Waals surface area contributed by atoms with Gasteiger partial charge in [0, 0.05) is 43.1 Å². The number of hydrogen-bond donors (Lipinski definition) is 8. The van der Waals surface area contributed by atoms with Crippen LogP contribution in [0.25, 0.3) is 33.0 Å². The zero-order valence-corrected chi connectivity index (χ0v) is 40.4. The lowest BCUT2D eigenvalue weighted by Crippen LogP contribution is -2.46. The fourth-order valence-corrected chi connectivity index (χ4v) is 10.7. The molecule has 0 bridgehead atoms. The summed E-state index contributed by atoms with van der Waals surface area (Å²) in [5, 5.41) is 39.9. The first kappa shape index (κ1) is 52.8. The number of pyridine rings is 2. The molecular weight excluding hydrogens is 1020 g/mol. The minimum absolute atomic E-state index is 0.0152. The number of nitrogens with zero attached hydrogens (tertiary/aromatic N) is 6. The highest BCUT2D eigenvalue weighted by Crippen LogP contribution is 2.56. The number of carbonyl (C=O) groups excluding carboxylic acids is 2. The van der Waals surface area contributed by atoms with Gasteiger partial charge >= 0.3 is 7.82 Å². The molecule has 10 atom stereocenters. The predicted molar refractivity (Wildman–Crippen MR) is 240 cm³/mol. The van der Waals surface area contributed by atoms with Crippen LogP contribution in [0.15, 0.2) is 85.7 Å². The number of ether oxygens (including phenoxy) is 3. The summed E-state index contributed by atoms with van der Waals surface area (Å²) >= 11 is 0. The van der Waals surface area contributed by atoms with Gasteiger partial charge in [0.15, 0.2) is 41.7 Å². The van der Waals surface area contributed by atoms with Crippen LogP contribution in [0.5, 0.6) is 5.75 Å². The number of amides is 2. The van der Waals surface area contributed by atoms with Gasteiger partial charge < -0.3 is 74.5 Å². The number of nitrogens with one attached hydrogen (secondary N) is 2. The number of hydrogen-bond acceptors (Lipinski definition) is 21. The quantitative estimate of drug-likeness (QED) is 0.0171. The van der Waals surface area contributed by atoms with Crippen LogP contribution in [0.2, 0.25) is 0 Å². The van der Waals surface area contributed by atoms with Gasteiger partial charge in [-0.15, -0.1) is 0 Å². The number of phosphoric acid groups is 3. The third-order valence-electron chi connectivity index (χ3n) is 11.5. The molecule has 386 valence electrons. The Morgan fingerprint density at radius 1 is 0.889 bits per heavy atom. The SMILES string of the molecule is C[n+]1c2ccccc2cc2c(OCCCC(=O)NCCNc3ncnc4c3ncn4C3OC(COP(=O)([O-])OP(=O)([O-])OCC4OC([n+]5cccc(C(N)=O)c5)C(O)C4O)C(O)C3OP(=O)(O)O)cccc21. The second-order valence-corrected chi connectivity index (χ2v) is 20.5. The van der Waals surface area contributed by atoms with E-state index in [4.69, 9.17) is 24.5 Å². The predicted octanol–water partition coefficient (Wildman–Crippen LogP) is -1.23. The Labute approximate surface area is 407 Å². The van der Waals surface area contributed by atoms with Crippen molar-refractivity contribution in [3.8, 4) is 5.75 Å². The molecule has 10 unspecified atom stereocenters. The van der Waals surface area contributed by atoms with Gasteiger partial charge in [-0.05, 0) is 30.7 Å². The average molecular weight is 1060 g/mol. The second kappa shape index (κ2) is 21.9. The largest absolute Gasteiger partial charge is 0.756 e. The number of aliphatic hydroxyl groups excluding tert-OH is 3. The van der Waals surface area contributed by atoms with Crippen molar-refractivity contribution in [2.75, 3.05) is 38.2 Å². The first-order valence-corrected chi connectivity index (χ1v) is 26.3. The van der Waals surface area contributed by atoms with E-state index in [-0.39, 0.29) is 48.0 Å². The maximum Gasteiger partial charge on any atom is 0.470 e. The Morgan fingerprint density at radius 3 is 2.35 bits per heavy atom. The summed E-state index contributed by atoms with van der Waals surface area (Å²) in [5.74, 6) is -0.177. The van der Waals surface area contributed by atoms with Crippen molar-refractivity contribution in [2.45, 2.75) is 61.9 Å². The molecule has 4 aromatic heterocycles. The number of nitrogens with two attached hydrogens (primary N) is 1. The van der Waals surface area contributed by atoms with Gasteiger partial charge in [0.25, 0.3) is 27.8 Å². The van der Waals surface area contributed by atoms with Crippen molar-refractivity contribution in [3.63, 3.8) is 0 Å². The molecule has 28 nitrogen and oxygen atoms in total. The molecule has 0 saturated carbocycles. The Kier molecular flexibility index (Phi) is 16.1. The molecule has 6 heterocycles. The first-order valence-electron chi connectivity index (χ1n) is 21.8. The molecule has 8 rings (SSSR count). The summed E-state index contributed by atoms with van der Waals surface area (Å²) in [4.78, 5) is 81.6. The Hall–Kier alpha value is -5.48. The molecular formula is C41H48N9O19P3. The summed E-state index contributed by atoms with van der Waals surface area (Å²) in [5.41, 5.74) is 7.46. The minimum Gasteiger partial charge on any atom is -0.756 e. The van der Waals surface area contributed by atoms with Crippen molar-refractivity contribution in [1.29, 1.82) is 0 Å². The van der Waals surface area contributed by atoms with Crippen LogP contribution in [-0.2, 0) is 52.9 Å². The number of phosphoric ester groups is 3. The molecule has 0 aliphatic carbocycles. The molecule has 9 N–H and O–H groups in total. The van der Waals surface area contributed by atoms with Gasteiger partial charge in [0.2, 0.25) is 16.9 Å². The maximum absolute atomic E-state index is 12.7. The lowest BCUT2D eigenvalue weighted by atomic mass is 10.1. The van der Waals surface area contributed by atoms with Crippen molar-refractivity contribution in [1.82, 2.24) is 24.8 Å². The summed E-state index contributed by atoms with van der Waals surface area (Å²) in [6, 6.07) is 18.7. The third-order valence-corrected chi connectivity index (χ3v) is 14.5. The van der Waals surface area contributed by atoms with E-state index in [1.165, 1.54) is 29.1 Å². The number of para-hydroxylation sites is 1. The Morgan fingerprint density at radius 2 is 1.61 bits per heavy atom. The number of benzene rings is 2. The van der Waals surface area contributed by atoms with E-state index in [2.05, 4.69) is 49.6 Å². The van der Waals surface area contributed by atoms with E-state index in [0.29, 0.717) is 18.8 Å². The fraction of sp³-hybridized carbons (Fsp3) is 0.390. The number of carbonyl (C=O) groups is 2. The Bertz CT molecular complexity index is 3110. The highest BCUT2D eigenvalue weighted by molar-refractivity contribution is 7.59. The van der Waals surface area contributed by atoms with Crippen molar-refractivity contribution in [3.05, 3.63) is 91.3 Å². The molecule has 0 radical (unpaired) electrons. The molecule has 2 fully saturated rings. The van der Waals surface area contributed by atoms with E-state index < -0.39 is 91.7 Å². The summed E-state index contributed by atoms with van der Waals surface area (Å²) in [6.45, 7) is -1.65. The van der Waals surface area contributed by atoms with Gasteiger partial charge in [0.1, 0.15) is 55.2 Å². The van der Waals surface area contributed by atoms with Crippen LogP contribution in [-0.4, -0.2) is 126 Å². The highest BCUT2D eigenvalue weighted by atomic mass is 31.3. The number of aromatic nitrogens is 6. The smallest absolute Gasteiger partial charge is 0.470 e. The Balaban J connectivity index is 0.824. The maximum atomic E-state index is 12.7. The highest BCUT2D eigenvalue weighted by Gasteiger charge is 2.50. The molecule has 2 amide bonds. The standard InChI is InChI=1S/C41H48N9O19P3/c1-48-26-9-3-2-7-23(26)17-25-27(48)10-4-11-28(25)63-16-6-12-31(51)43-13-14-44-38-32-39(46-21-45-38)50(22-47-32)41-36(68-70(56,57)58)34(53)30(67-41)20-65-72(61,62)69-71(59,60)64-19-29-33(52)35(54)40(66-29)49-15-5-8-24(18-49)37(42)55/h2-5,7-11,15,17-18,21-22,29-30,33-36,40-41,52-54H,6,12-14,16,19-20H2,1H3,(H6-2,42,43,44,45,46,51,55,56,57,58,59,60,61,62). The lowest BCUT2D eigenvalue weighted by molar-refractivity contribution is -0.765. The third kappa shape index (κ3) is 12.3. The number of aliphatic hydroxyl groups is 3. The summed E-state index contributed by atoms with van der Waals surface area (Å²) < 4.78 is 77.2. The second-order valence-electron chi connectivity index (χ2n) is 16.4. The molecule has 2 aliphatic heterocycles. The van der Waals surface area contributed by atoms with Crippen LogP contribution in [0, 0.1) is 0 Å². The van der Waals surface area contributed by atoms with Crippen LogP contribution < -0.4 is 40.0 Å². The van der Waals surface area contributed by atoms with Crippen LogP contribution in [0.4, 0.5) is 5.82 Å². The molecule has 2 saturated heterocycles. The number of aryl methyl sites for hydroxylation is 1. The average Bonchev–Trinajstić information content (AvgIpc) is 3.99. The summed E-state index contributed by atoms with van der Waals surface area (Å²) in [6.07, 6.45) is -8.41. The number of rotatable bonds is 22. The van der Waals surface area contributed by atoms with E-state index in [9.17, 15) is 58.2 Å². The zero-order valence-electron chi connectivity index (χ0n) is 37.7. The molecule has 2 aromatic carbocycles. The van der Waals surface area contributed by atoms with Gasteiger partial charge in [-0.25, -0.2) is 23.8 Å². The van der Waals surface area contributed by atoms with Gasteiger partial charge in [-0.1, -0.05) is 18.2 Å². The van der Waals surface area contributed by atoms with E-state index in [0.717, 1.165) is 39.0 Å². The van der Waals surface area contributed by atoms with Crippen LogP contribution >= 0.6 is 23.5 Å². The van der Waals surface area contributed by atoms with Crippen LogP contribution in [0.3, 0.4) is 0 Å².